The van der Waals surface area contributed by atoms with Crippen molar-refractivity contribution in [2.45, 2.75) is 6.61 Å². The van der Waals surface area contributed by atoms with Crippen molar-refractivity contribution in [2.24, 2.45) is 0 Å². The molecule has 134 valence electrons. The lowest BCUT2D eigenvalue weighted by Crippen LogP contribution is -2.08. The zero-order valence-electron chi connectivity index (χ0n) is 14.1. The van der Waals surface area contributed by atoms with E-state index in [0.29, 0.717) is 16.7 Å². The Morgan fingerprint density at radius 3 is 2.58 bits per heavy atom. The van der Waals surface area contributed by atoms with Gasteiger partial charge in [-0.05, 0) is 42.5 Å². The average Bonchev–Trinajstić information content (AvgIpc) is 3.15. The highest BCUT2D eigenvalue weighted by Crippen LogP contribution is 2.24. The number of benzene rings is 2. The molecule has 7 nitrogen and oxygen atoms in total. The largest absolute Gasteiger partial charge is 0.497 e. The Labute approximate surface area is 154 Å². The second kappa shape index (κ2) is 7.88. The minimum absolute atomic E-state index is 0.135. The molecule has 0 aliphatic rings. The van der Waals surface area contributed by atoms with E-state index >= 15 is 0 Å². The van der Waals surface area contributed by atoms with E-state index in [-0.39, 0.29) is 18.0 Å². The summed E-state index contributed by atoms with van der Waals surface area (Å²) in [5.74, 6) is 1.04. The van der Waals surface area contributed by atoms with E-state index in [0.717, 1.165) is 11.3 Å². The van der Waals surface area contributed by atoms with E-state index in [1.807, 2.05) is 0 Å². The molecule has 26 heavy (non-hydrogen) atoms. The molecule has 0 fully saturated rings. The number of nitrogens with zero attached hydrogens (tertiary/aromatic N) is 2. The molecule has 0 N–H and O–H groups in total. The third-order valence-corrected chi connectivity index (χ3v) is 3.76. The zero-order valence-corrected chi connectivity index (χ0v) is 14.8. The van der Waals surface area contributed by atoms with E-state index < -0.39 is 5.97 Å². The molecule has 0 bridgehead atoms. The van der Waals surface area contributed by atoms with Crippen LogP contribution in [0.25, 0.3) is 11.5 Å². The number of hydrogen-bond donors (Lipinski definition) is 0. The van der Waals surface area contributed by atoms with Crippen LogP contribution in [-0.4, -0.2) is 30.3 Å². The third kappa shape index (κ3) is 3.94. The Balaban J connectivity index is 1.67. The summed E-state index contributed by atoms with van der Waals surface area (Å²) in [6.45, 7) is -0.135. The zero-order chi connectivity index (χ0) is 18.5. The molecule has 1 heterocycles. The number of aromatic nitrogens is 2. The van der Waals surface area contributed by atoms with Gasteiger partial charge >= 0.3 is 5.97 Å². The summed E-state index contributed by atoms with van der Waals surface area (Å²) in [6.07, 6.45) is 0. The van der Waals surface area contributed by atoms with Gasteiger partial charge in [-0.25, -0.2) is 4.79 Å². The smallest absolute Gasteiger partial charge is 0.342 e. The quantitative estimate of drug-likeness (QED) is 0.607. The Kier molecular flexibility index (Phi) is 5.38. The van der Waals surface area contributed by atoms with E-state index in [4.69, 9.17) is 30.3 Å². The highest BCUT2D eigenvalue weighted by molar-refractivity contribution is 6.30. The van der Waals surface area contributed by atoms with Gasteiger partial charge in [0.2, 0.25) is 5.82 Å². The fourth-order valence-corrected chi connectivity index (χ4v) is 2.37. The second-order valence-corrected chi connectivity index (χ2v) is 5.60. The molecule has 0 amide bonds. The molecular formula is C18H15ClN2O5. The molecule has 1 aromatic heterocycles. The molecular weight excluding hydrogens is 360 g/mol. The van der Waals surface area contributed by atoms with Crippen molar-refractivity contribution in [3.63, 3.8) is 0 Å². The topological polar surface area (TPSA) is 83.7 Å². The van der Waals surface area contributed by atoms with Gasteiger partial charge < -0.3 is 18.7 Å². The first-order chi connectivity index (χ1) is 12.6. The lowest BCUT2D eigenvalue weighted by Gasteiger charge is -2.07. The van der Waals surface area contributed by atoms with Gasteiger partial charge in [0, 0.05) is 10.6 Å². The predicted molar refractivity (Wildman–Crippen MR) is 93.4 cm³/mol. The Morgan fingerprint density at radius 1 is 1.12 bits per heavy atom. The number of ether oxygens (including phenoxy) is 3. The fourth-order valence-electron chi connectivity index (χ4n) is 2.20. The number of hydrogen-bond acceptors (Lipinski definition) is 7. The highest BCUT2D eigenvalue weighted by atomic mass is 35.5. The number of carbonyl (C=O) groups excluding carboxylic acids is 1. The second-order valence-electron chi connectivity index (χ2n) is 5.16. The van der Waals surface area contributed by atoms with Crippen LogP contribution in [0.4, 0.5) is 0 Å². The molecule has 0 atom stereocenters. The third-order valence-electron chi connectivity index (χ3n) is 3.52. The maximum absolute atomic E-state index is 12.2. The number of rotatable bonds is 6. The maximum atomic E-state index is 12.2. The SMILES string of the molecule is COc1ccc(-c2nc(COC(=O)c3ccc(Cl)cc3OC)no2)cc1. The molecule has 3 aromatic rings. The molecule has 2 aromatic carbocycles. The van der Waals surface area contributed by atoms with Crippen LogP contribution in [-0.2, 0) is 11.3 Å². The van der Waals surface area contributed by atoms with Crippen LogP contribution in [0.15, 0.2) is 47.0 Å². The van der Waals surface area contributed by atoms with Crippen LogP contribution in [0.5, 0.6) is 11.5 Å². The summed E-state index contributed by atoms with van der Waals surface area (Å²) >= 11 is 5.88. The van der Waals surface area contributed by atoms with Crippen LogP contribution in [0, 0.1) is 0 Å². The average molecular weight is 375 g/mol. The monoisotopic (exact) mass is 374 g/mol. The van der Waals surface area contributed by atoms with Crippen molar-refractivity contribution >= 4 is 17.6 Å². The molecule has 0 spiro atoms. The lowest BCUT2D eigenvalue weighted by molar-refractivity contribution is 0.0456. The van der Waals surface area contributed by atoms with Gasteiger partial charge in [0.25, 0.3) is 5.89 Å². The van der Waals surface area contributed by atoms with Gasteiger partial charge in [-0.2, -0.15) is 4.98 Å². The first-order valence-corrected chi connectivity index (χ1v) is 7.96. The van der Waals surface area contributed by atoms with E-state index in [1.165, 1.54) is 19.2 Å². The molecule has 3 rings (SSSR count). The van der Waals surface area contributed by atoms with Crippen molar-refractivity contribution in [2.75, 3.05) is 14.2 Å². The molecule has 8 heteroatoms. The number of methoxy groups -OCH3 is 2. The number of carbonyl (C=O) groups is 1. The van der Waals surface area contributed by atoms with Gasteiger partial charge in [0.1, 0.15) is 17.1 Å². The molecule has 0 unspecified atom stereocenters. The van der Waals surface area contributed by atoms with E-state index in [2.05, 4.69) is 10.1 Å². The van der Waals surface area contributed by atoms with Crippen molar-refractivity contribution in [3.05, 3.63) is 58.9 Å². The van der Waals surface area contributed by atoms with Crippen molar-refractivity contribution in [1.29, 1.82) is 0 Å². The Hall–Kier alpha value is -3.06. The predicted octanol–water partition coefficient (Wildman–Crippen LogP) is 3.76. The van der Waals surface area contributed by atoms with Crippen LogP contribution in [0.3, 0.4) is 0 Å². The van der Waals surface area contributed by atoms with Crippen LogP contribution >= 0.6 is 11.6 Å². The summed E-state index contributed by atoms with van der Waals surface area (Å²) in [6, 6.07) is 11.8. The standard InChI is InChI=1S/C18H15ClN2O5/c1-23-13-6-3-11(4-7-13)17-20-16(21-26-17)10-25-18(22)14-8-5-12(19)9-15(14)24-2/h3-9H,10H2,1-2H3. The van der Waals surface area contributed by atoms with Crippen molar-refractivity contribution in [3.8, 4) is 23.0 Å². The summed E-state index contributed by atoms with van der Waals surface area (Å²) in [4.78, 5) is 16.4. The minimum atomic E-state index is -0.575. The summed E-state index contributed by atoms with van der Waals surface area (Å²) in [5, 5.41) is 4.27. The van der Waals surface area contributed by atoms with Crippen LogP contribution < -0.4 is 9.47 Å². The summed E-state index contributed by atoms with van der Waals surface area (Å²) in [5.41, 5.74) is 0.992. The first kappa shape index (κ1) is 17.8. The number of esters is 1. The summed E-state index contributed by atoms with van der Waals surface area (Å²) in [7, 11) is 3.03. The van der Waals surface area contributed by atoms with Gasteiger partial charge in [-0.1, -0.05) is 16.8 Å². The van der Waals surface area contributed by atoms with E-state index in [1.54, 1.807) is 37.4 Å². The van der Waals surface area contributed by atoms with Gasteiger partial charge in [-0.15, -0.1) is 0 Å². The fraction of sp³-hybridized carbons (Fsp3) is 0.167. The van der Waals surface area contributed by atoms with Crippen LogP contribution in [0.1, 0.15) is 16.2 Å². The van der Waals surface area contributed by atoms with Crippen molar-refractivity contribution < 1.29 is 23.5 Å². The van der Waals surface area contributed by atoms with Gasteiger partial charge in [0.15, 0.2) is 6.61 Å². The summed E-state index contributed by atoms with van der Waals surface area (Å²) < 4.78 is 20.6. The molecule has 0 aliphatic carbocycles. The molecule has 0 saturated carbocycles. The maximum Gasteiger partial charge on any atom is 0.342 e. The van der Waals surface area contributed by atoms with Gasteiger partial charge in [-0.3, -0.25) is 0 Å². The normalized spacial score (nSPS) is 10.4. The Bertz CT molecular complexity index is 908. The lowest BCUT2D eigenvalue weighted by atomic mass is 10.2. The van der Waals surface area contributed by atoms with E-state index in [9.17, 15) is 4.79 Å². The van der Waals surface area contributed by atoms with Crippen LogP contribution in [0.2, 0.25) is 5.02 Å². The molecule has 0 radical (unpaired) electrons. The first-order valence-electron chi connectivity index (χ1n) is 7.58. The molecule has 0 saturated heterocycles. The Morgan fingerprint density at radius 2 is 1.88 bits per heavy atom. The van der Waals surface area contributed by atoms with Gasteiger partial charge in [0.05, 0.1) is 14.2 Å². The molecule has 0 aliphatic heterocycles. The highest BCUT2D eigenvalue weighted by Gasteiger charge is 2.16. The minimum Gasteiger partial charge on any atom is -0.497 e. The number of halogens is 1. The van der Waals surface area contributed by atoms with Crippen molar-refractivity contribution in [1.82, 2.24) is 10.1 Å².